The van der Waals surface area contributed by atoms with Crippen LogP contribution in [0.3, 0.4) is 0 Å². The maximum Gasteiger partial charge on any atom is 0.223 e. The minimum Gasteiger partial charge on any atom is -0.354 e. The predicted molar refractivity (Wildman–Crippen MR) is 138 cm³/mol. The zero-order chi connectivity index (χ0) is 23.5. The average molecular weight is 460 g/mol. The molecule has 2 aliphatic rings. The van der Waals surface area contributed by atoms with E-state index in [0.717, 1.165) is 62.5 Å². The van der Waals surface area contributed by atoms with Crippen LogP contribution in [0.4, 0.5) is 5.95 Å². The van der Waals surface area contributed by atoms with Gasteiger partial charge in [0.15, 0.2) is 0 Å². The van der Waals surface area contributed by atoms with Gasteiger partial charge in [0.25, 0.3) is 0 Å². The van der Waals surface area contributed by atoms with E-state index < -0.39 is 0 Å². The number of piperidine rings is 1. The van der Waals surface area contributed by atoms with Gasteiger partial charge in [-0.25, -0.2) is 4.98 Å². The highest BCUT2D eigenvalue weighted by Gasteiger charge is 2.29. The molecule has 2 fully saturated rings. The molecule has 0 spiro atoms. The van der Waals surface area contributed by atoms with Crippen LogP contribution in [0.1, 0.15) is 43.7 Å². The van der Waals surface area contributed by atoms with Crippen molar-refractivity contribution in [3.8, 4) is 0 Å². The third-order valence-corrected chi connectivity index (χ3v) is 7.66. The summed E-state index contributed by atoms with van der Waals surface area (Å²) in [6.07, 6.45) is 4.20. The van der Waals surface area contributed by atoms with Gasteiger partial charge in [0.1, 0.15) is 0 Å². The van der Waals surface area contributed by atoms with Gasteiger partial charge in [-0.2, -0.15) is 0 Å². The third kappa shape index (κ3) is 4.83. The fraction of sp³-hybridized carbons (Fsp3) is 0.500. The Morgan fingerprint density at radius 3 is 2.56 bits per heavy atom. The zero-order valence-corrected chi connectivity index (χ0v) is 20.5. The van der Waals surface area contributed by atoms with E-state index in [9.17, 15) is 4.79 Å². The van der Waals surface area contributed by atoms with Crippen LogP contribution in [0.25, 0.3) is 11.0 Å². The van der Waals surface area contributed by atoms with Crippen LogP contribution in [-0.2, 0) is 11.3 Å². The number of likely N-dealkylation sites (tertiary alicyclic amines) is 1. The highest BCUT2D eigenvalue weighted by Crippen LogP contribution is 2.28. The van der Waals surface area contributed by atoms with Gasteiger partial charge in [-0.1, -0.05) is 48.9 Å². The summed E-state index contributed by atoms with van der Waals surface area (Å²) in [6, 6.07) is 17.6. The maximum absolute atomic E-state index is 12.9. The van der Waals surface area contributed by atoms with Crippen molar-refractivity contribution >= 4 is 22.9 Å². The standard InChI is InChI=1S/C28H37N5O/c1-3-31-16-6-7-24(31)19-29-27(34)23-14-17-32(18-15-23)28-30-25-8-4-5-9-26(25)33(28)20-22-12-10-21(2)11-13-22/h4-5,8-13,23-24H,3,6-7,14-20H2,1-2H3,(H,29,34). The number of likely N-dealkylation sites (N-methyl/N-ethyl adjacent to an activating group) is 1. The van der Waals surface area contributed by atoms with E-state index in [4.69, 9.17) is 4.98 Å². The first-order valence-electron chi connectivity index (χ1n) is 12.9. The molecule has 2 saturated heterocycles. The number of hydrogen-bond donors (Lipinski definition) is 1. The molecule has 1 atom stereocenters. The van der Waals surface area contributed by atoms with E-state index in [1.807, 2.05) is 0 Å². The topological polar surface area (TPSA) is 53.4 Å². The Kier molecular flexibility index (Phi) is 6.86. The molecule has 6 nitrogen and oxygen atoms in total. The summed E-state index contributed by atoms with van der Waals surface area (Å²) in [5, 5.41) is 3.26. The number of nitrogens with one attached hydrogen (secondary N) is 1. The molecule has 1 unspecified atom stereocenters. The number of rotatable bonds is 7. The van der Waals surface area contributed by atoms with Crippen molar-refractivity contribution in [2.45, 2.75) is 52.1 Å². The fourth-order valence-corrected chi connectivity index (χ4v) is 5.58. The number of fused-ring (bicyclic) bond motifs is 1. The van der Waals surface area contributed by atoms with Gasteiger partial charge in [0.2, 0.25) is 11.9 Å². The summed E-state index contributed by atoms with van der Waals surface area (Å²) in [7, 11) is 0. The first-order chi connectivity index (χ1) is 16.6. The first kappa shape index (κ1) is 22.9. The van der Waals surface area contributed by atoms with Gasteiger partial charge in [0.05, 0.1) is 17.6 Å². The number of hydrogen-bond acceptors (Lipinski definition) is 4. The lowest BCUT2D eigenvalue weighted by Crippen LogP contribution is -2.45. The van der Waals surface area contributed by atoms with Crippen molar-refractivity contribution < 1.29 is 4.79 Å². The Bertz CT molecular complexity index is 1110. The van der Waals surface area contributed by atoms with Crippen molar-refractivity contribution in [2.75, 3.05) is 37.6 Å². The lowest BCUT2D eigenvalue weighted by molar-refractivity contribution is -0.125. The molecule has 0 aliphatic carbocycles. The molecular weight excluding hydrogens is 422 g/mol. The van der Waals surface area contributed by atoms with Crippen molar-refractivity contribution in [3.05, 3.63) is 59.7 Å². The first-order valence-corrected chi connectivity index (χ1v) is 12.9. The Balaban J connectivity index is 1.25. The van der Waals surface area contributed by atoms with Crippen LogP contribution >= 0.6 is 0 Å². The molecule has 0 saturated carbocycles. The number of carbonyl (C=O) groups is 1. The molecule has 5 rings (SSSR count). The number of nitrogens with zero attached hydrogens (tertiary/aromatic N) is 4. The maximum atomic E-state index is 12.9. The summed E-state index contributed by atoms with van der Waals surface area (Å²) in [4.78, 5) is 22.8. The van der Waals surface area contributed by atoms with E-state index in [1.165, 1.54) is 30.5 Å². The molecule has 0 radical (unpaired) electrons. The highest BCUT2D eigenvalue weighted by atomic mass is 16.1. The smallest absolute Gasteiger partial charge is 0.223 e. The number of imidazole rings is 1. The molecule has 6 heteroatoms. The van der Waals surface area contributed by atoms with Crippen molar-refractivity contribution in [3.63, 3.8) is 0 Å². The van der Waals surface area contributed by atoms with Crippen molar-refractivity contribution in [1.82, 2.24) is 19.8 Å². The summed E-state index contributed by atoms with van der Waals surface area (Å²) in [5.41, 5.74) is 4.74. The number of aromatic nitrogens is 2. The van der Waals surface area contributed by atoms with E-state index in [-0.39, 0.29) is 11.8 Å². The molecule has 2 aliphatic heterocycles. The van der Waals surface area contributed by atoms with Crippen LogP contribution in [0.2, 0.25) is 0 Å². The van der Waals surface area contributed by atoms with Gasteiger partial charge in [-0.3, -0.25) is 9.69 Å². The normalized spacial score (nSPS) is 19.7. The van der Waals surface area contributed by atoms with Crippen LogP contribution in [-0.4, -0.2) is 59.1 Å². The SMILES string of the molecule is CCN1CCCC1CNC(=O)C1CCN(c2nc3ccccc3n2Cc2ccc(C)cc2)CC1. The van der Waals surface area contributed by atoms with Gasteiger partial charge in [-0.15, -0.1) is 0 Å². The second kappa shape index (κ2) is 10.2. The second-order valence-electron chi connectivity index (χ2n) is 9.90. The summed E-state index contributed by atoms with van der Waals surface area (Å²) < 4.78 is 2.33. The molecule has 3 aromatic rings. The molecule has 3 heterocycles. The minimum atomic E-state index is 0.0997. The van der Waals surface area contributed by atoms with Crippen LogP contribution in [0, 0.1) is 12.8 Å². The third-order valence-electron chi connectivity index (χ3n) is 7.66. The van der Waals surface area contributed by atoms with Gasteiger partial charge in [-0.05, 0) is 63.4 Å². The van der Waals surface area contributed by atoms with Crippen LogP contribution in [0.15, 0.2) is 48.5 Å². The van der Waals surface area contributed by atoms with Crippen molar-refractivity contribution in [2.24, 2.45) is 5.92 Å². The van der Waals surface area contributed by atoms with Gasteiger partial charge in [0, 0.05) is 31.6 Å². The van der Waals surface area contributed by atoms with Crippen LogP contribution in [0.5, 0.6) is 0 Å². The molecule has 1 amide bonds. The molecule has 1 aromatic heterocycles. The van der Waals surface area contributed by atoms with Gasteiger partial charge < -0.3 is 14.8 Å². The predicted octanol–water partition coefficient (Wildman–Crippen LogP) is 4.21. The molecule has 0 bridgehead atoms. The number of aryl methyl sites for hydroxylation is 1. The average Bonchev–Trinajstić information content (AvgIpc) is 3.48. The Labute approximate surface area is 203 Å². The largest absolute Gasteiger partial charge is 0.354 e. The van der Waals surface area contributed by atoms with E-state index >= 15 is 0 Å². The Morgan fingerprint density at radius 1 is 1.03 bits per heavy atom. The second-order valence-corrected chi connectivity index (χ2v) is 9.90. The number of amides is 1. The molecule has 1 N–H and O–H groups in total. The van der Waals surface area contributed by atoms with E-state index in [2.05, 4.69) is 82.1 Å². The quantitative estimate of drug-likeness (QED) is 0.575. The fourth-order valence-electron chi connectivity index (χ4n) is 5.58. The highest BCUT2D eigenvalue weighted by molar-refractivity contribution is 5.80. The van der Waals surface area contributed by atoms with E-state index in [1.54, 1.807) is 0 Å². The lowest BCUT2D eigenvalue weighted by atomic mass is 9.96. The number of anilines is 1. The molecule has 180 valence electrons. The molecule has 2 aromatic carbocycles. The Morgan fingerprint density at radius 2 is 1.79 bits per heavy atom. The summed E-state index contributed by atoms with van der Waals surface area (Å²) in [5.74, 6) is 1.35. The van der Waals surface area contributed by atoms with E-state index in [0.29, 0.717) is 6.04 Å². The Hall–Kier alpha value is -2.86. The van der Waals surface area contributed by atoms with Crippen LogP contribution < -0.4 is 10.2 Å². The number of carbonyl (C=O) groups excluding carboxylic acids is 1. The summed E-state index contributed by atoms with van der Waals surface area (Å²) >= 11 is 0. The van der Waals surface area contributed by atoms with Gasteiger partial charge >= 0.3 is 0 Å². The number of benzene rings is 2. The zero-order valence-electron chi connectivity index (χ0n) is 20.5. The molecule has 34 heavy (non-hydrogen) atoms. The minimum absolute atomic E-state index is 0.0997. The molecular formula is C28H37N5O. The number of para-hydroxylation sites is 2. The monoisotopic (exact) mass is 459 g/mol. The summed E-state index contributed by atoms with van der Waals surface area (Å²) in [6.45, 7) is 9.88. The lowest BCUT2D eigenvalue weighted by Gasteiger charge is -2.33. The van der Waals surface area contributed by atoms with Crippen molar-refractivity contribution in [1.29, 1.82) is 0 Å².